The number of ether oxygens (including phenoxy) is 1. The van der Waals surface area contributed by atoms with Crippen LogP contribution in [0.2, 0.25) is 0 Å². The predicted octanol–water partition coefficient (Wildman–Crippen LogP) is 5.14. The fourth-order valence-electron chi connectivity index (χ4n) is 5.47. The van der Waals surface area contributed by atoms with Crippen molar-refractivity contribution in [3.8, 4) is 5.75 Å². The number of methoxy groups -OCH3 is 1. The molecule has 0 atom stereocenters. The summed E-state index contributed by atoms with van der Waals surface area (Å²) >= 11 is 0. The number of nitrogens with one attached hydrogen (secondary N) is 1. The molecule has 2 fully saturated rings. The van der Waals surface area contributed by atoms with E-state index in [9.17, 15) is 19.2 Å². The number of carbonyl (C=O) groups is 3. The van der Waals surface area contributed by atoms with Crippen LogP contribution in [0.5, 0.6) is 5.75 Å². The number of fused-ring (bicyclic) bond motifs is 1. The van der Waals surface area contributed by atoms with Crippen LogP contribution in [0.15, 0.2) is 52.7 Å². The van der Waals surface area contributed by atoms with Crippen LogP contribution >= 0.6 is 0 Å². The number of aromatic nitrogens is 1. The zero-order chi connectivity index (χ0) is 29.4. The summed E-state index contributed by atoms with van der Waals surface area (Å²) in [6.07, 6.45) is 4.20. The molecule has 214 valence electrons. The van der Waals surface area contributed by atoms with E-state index in [1.165, 1.54) is 33.2 Å². The average Bonchev–Trinajstić information content (AvgIpc) is 3.81. The van der Waals surface area contributed by atoms with E-state index in [1.54, 1.807) is 23.1 Å². The minimum atomic E-state index is -0.703. The Kier molecular flexibility index (Phi) is 7.75. The van der Waals surface area contributed by atoms with Gasteiger partial charge in [0.1, 0.15) is 11.5 Å². The smallest absolute Gasteiger partial charge is 0.252 e. The number of nitrogens with zero attached hydrogens (tertiary/aromatic N) is 2. The molecule has 0 unspecified atom stereocenters. The molecule has 1 aromatic heterocycles. The molecule has 5 rings (SSSR count). The number of piperidine rings is 1. The van der Waals surface area contributed by atoms with Crippen molar-refractivity contribution in [1.82, 2.24) is 9.88 Å². The highest BCUT2D eigenvalue weighted by Crippen LogP contribution is 2.44. The minimum absolute atomic E-state index is 0.00293. The Labute approximate surface area is 235 Å². The topological polar surface area (TPSA) is 97.7 Å². The number of hydrogen-bond donors (Lipinski definition) is 1. The van der Waals surface area contributed by atoms with E-state index in [0.29, 0.717) is 30.5 Å². The summed E-state index contributed by atoms with van der Waals surface area (Å²) in [7, 11) is 1.40. The van der Waals surface area contributed by atoms with Crippen LogP contribution in [0.3, 0.4) is 0 Å². The second-order valence-corrected chi connectivity index (χ2v) is 10.5. The first-order chi connectivity index (χ1) is 19.6. The van der Waals surface area contributed by atoms with Gasteiger partial charge in [-0.25, -0.2) is 8.78 Å². The third-order valence-corrected chi connectivity index (χ3v) is 7.67. The molecule has 10 heteroatoms. The lowest BCUT2D eigenvalue weighted by molar-refractivity contribution is 0.0939. The number of benzene rings is 2. The van der Waals surface area contributed by atoms with Crippen LogP contribution in [-0.2, 0) is 0 Å². The third-order valence-electron chi connectivity index (χ3n) is 7.67. The summed E-state index contributed by atoms with van der Waals surface area (Å²) in [5.74, 6) is -2.31. The monoisotopic (exact) mass is 563 g/mol. The highest BCUT2D eigenvalue weighted by atomic mass is 19.1. The molecule has 2 aromatic carbocycles. The summed E-state index contributed by atoms with van der Waals surface area (Å²) in [5.41, 5.74) is 0.798. The SMILES string of the molecule is COc1c(N2CCC/C(=C(\F)CNC(=O)c3ccccc3C(C)=O)C2)c(F)cc2c(=O)c(C(C)=O)cn(C3CC3)c12. The normalized spacial score (nSPS) is 16.5. The Morgan fingerprint density at radius 1 is 1.07 bits per heavy atom. The number of carbonyl (C=O) groups excluding carboxylic acids is 3. The lowest BCUT2D eigenvalue weighted by atomic mass is 10.0. The summed E-state index contributed by atoms with van der Waals surface area (Å²) in [6.45, 7) is 2.78. The fourth-order valence-corrected chi connectivity index (χ4v) is 5.47. The van der Waals surface area contributed by atoms with Crippen molar-refractivity contribution in [3.05, 3.63) is 80.7 Å². The third kappa shape index (κ3) is 5.38. The Morgan fingerprint density at radius 2 is 1.76 bits per heavy atom. The molecule has 2 heterocycles. The number of ketones is 2. The molecule has 0 spiro atoms. The molecule has 1 N–H and O–H groups in total. The van der Waals surface area contributed by atoms with Crippen molar-refractivity contribution in [2.24, 2.45) is 0 Å². The second-order valence-electron chi connectivity index (χ2n) is 10.5. The van der Waals surface area contributed by atoms with Gasteiger partial charge >= 0.3 is 0 Å². The molecule has 41 heavy (non-hydrogen) atoms. The van der Waals surface area contributed by atoms with Gasteiger partial charge in [-0.3, -0.25) is 19.2 Å². The zero-order valence-electron chi connectivity index (χ0n) is 23.2. The Morgan fingerprint density at radius 3 is 2.39 bits per heavy atom. The first kappa shape index (κ1) is 28.2. The quantitative estimate of drug-likeness (QED) is 0.381. The number of anilines is 1. The summed E-state index contributed by atoms with van der Waals surface area (Å²) in [5, 5.41) is 2.61. The zero-order valence-corrected chi connectivity index (χ0v) is 23.2. The van der Waals surface area contributed by atoms with Crippen molar-refractivity contribution < 1.29 is 27.9 Å². The molecule has 1 aliphatic heterocycles. The Bertz CT molecular complexity index is 1670. The maximum Gasteiger partial charge on any atom is 0.252 e. The van der Waals surface area contributed by atoms with Crippen molar-refractivity contribution in [1.29, 1.82) is 0 Å². The van der Waals surface area contributed by atoms with Crippen molar-refractivity contribution >= 4 is 34.1 Å². The summed E-state index contributed by atoms with van der Waals surface area (Å²) in [4.78, 5) is 51.5. The molecular weight excluding hydrogens is 532 g/mol. The highest BCUT2D eigenvalue weighted by Gasteiger charge is 2.32. The van der Waals surface area contributed by atoms with Gasteiger partial charge in [-0.05, 0) is 57.2 Å². The van der Waals surface area contributed by atoms with E-state index >= 15 is 8.78 Å². The van der Waals surface area contributed by atoms with Gasteiger partial charge in [0.25, 0.3) is 5.91 Å². The minimum Gasteiger partial charge on any atom is -0.492 e. The highest BCUT2D eigenvalue weighted by molar-refractivity contribution is 6.07. The molecule has 1 amide bonds. The molecule has 1 saturated carbocycles. The first-order valence-corrected chi connectivity index (χ1v) is 13.6. The standard InChI is InChI=1S/C31H31F2N3O5/c1-17(37)21-8-4-5-9-22(21)31(40)34-14-26(33)19-7-6-12-35(15-19)28-25(32)13-23-27(30(28)41-3)36(20-10-11-20)16-24(18(2)38)29(23)39/h4-5,8-9,13,16,20H,6-7,10-12,14-15H2,1-3H3,(H,34,40)/b26-19+. The van der Waals surface area contributed by atoms with Crippen LogP contribution in [0.25, 0.3) is 10.9 Å². The number of amides is 1. The van der Waals surface area contributed by atoms with E-state index in [2.05, 4.69) is 5.32 Å². The molecular formula is C31H31F2N3O5. The number of pyridine rings is 1. The Hall–Kier alpha value is -4.34. The van der Waals surface area contributed by atoms with E-state index in [0.717, 1.165) is 18.9 Å². The van der Waals surface area contributed by atoms with Gasteiger partial charge < -0.3 is 19.5 Å². The average molecular weight is 564 g/mol. The van der Waals surface area contributed by atoms with Gasteiger partial charge in [-0.1, -0.05) is 18.2 Å². The van der Waals surface area contributed by atoms with Crippen LogP contribution in [0.4, 0.5) is 14.5 Å². The maximum absolute atomic E-state index is 15.7. The van der Waals surface area contributed by atoms with Crippen molar-refractivity contribution in [2.45, 2.75) is 45.6 Å². The first-order valence-electron chi connectivity index (χ1n) is 13.6. The van der Waals surface area contributed by atoms with Gasteiger partial charge in [0.05, 0.1) is 35.7 Å². The van der Waals surface area contributed by atoms with Gasteiger partial charge in [-0.2, -0.15) is 0 Å². The van der Waals surface area contributed by atoms with Crippen molar-refractivity contribution in [3.63, 3.8) is 0 Å². The molecule has 1 aliphatic carbocycles. The predicted molar refractivity (Wildman–Crippen MR) is 151 cm³/mol. The number of halogens is 2. The largest absolute Gasteiger partial charge is 0.492 e. The van der Waals surface area contributed by atoms with E-state index in [1.807, 2.05) is 4.57 Å². The van der Waals surface area contributed by atoms with Gasteiger partial charge in [0, 0.05) is 30.9 Å². The second kappa shape index (κ2) is 11.3. The molecule has 1 saturated heterocycles. The van der Waals surface area contributed by atoms with Crippen LogP contribution in [-0.4, -0.2) is 48.8 Å². The lowest BCUT2D eigenvalue weighted by Gasteiger charge is -2.33. The summed E-state index contributed by atoms with van der Waals surface area (Å²) < 4.78 is 38.6. The number of hydrogen-bond acceptors (Lipinski definition) is 6. The Balaban J connectivity index is 1.47. The molecule has 0 radical (unpaired) electrons. The van der Waals surface area contributed by atoms with Gasteiger partial charge in [0.15, 0.2) is 28.6 Å². The number of rotatable bonds is 8. The van der Waals surface area contributed by atoms with E-state index < -0.39 is 28.8 Å². The molecule has 0 bridgehead atoms. The summed E-state index contributed by atoms with van der Waals surface area (Å²) in [6, 6.07) is 7.54. The molecule has 3 aromatic rings. The van der Waals surface area contributed by atoms with Gasteiger partial charge in [0.2, 0.25) is 0 Å². The molecule has 8 nitrogen and oxygen atoms in total. The van der Waals surface area contributed by atoms with Crippen LogP contribution in [0.1, 0.15) is 76.6 Å². The molecule has 2 aliphatic rings. The maximum atomic E-state index is 15.7. The van der Waals surface area contributed by atoms with E-state index in [-0.39, 0.29) is 58.4 Å². The van der Waals surface area contributed by atoms with Crippen LogP contribution in [0, 0.1) is 5.82 Å². The van der Waals surface area contributed by atoms with E-state index in [4.69, 9.17) is 4.74 Å². The number of Topliss-reactive ketones (excluding diaryl/α,β-unsaturated/α-hetero) is 2. The fraction of sp³-hybridized carbons (Fsp3) is 0.355. The lowest BCUT2D eigenvalue weighted by Crippen LogP contribution is -2.34. The van der Waals surface area contributed by atoms with Crippen molar-refractivity contribution in [2.75, 3.05) is 31.6 Å². The van der Waals surface area contributed by atoms with Crippen LogP contribution < -0.4 is 20.4 Å². The van der Waals surface area contributed by atoms with Gasteiger partial charge in [-0.15, -0.1) is 0 Å².